The van der Waals surface area contributed by atoms with E-state index in [1.807, 2.05) is 0 Å². The Morgan fingerprint density at radius 3 is 2.30 bits per heavy atom. The monoisotopic (exact) mass is 708 g/mol. The van der Waals surface area contributed by atoms with Crippen molar-refractivity contribution in [3.05, 3.63) is 155 Å². The van der Waals surface area contributed by atoms with E-state index < -0.39 is 0 Å². The number of fused-ring (bicyclic) bond motifs is 12. The quantitative estimate of drug-likeness (QED) is 0.132. The van der Waals surface area contributed by atoms with Crippen LogP contribution >= 0.6 is 11.3 Å². The van der Waals surface area contributed by atoms with Crippen molar-refractivity contribution in [3.63, 3.8) is 0 Å². The molecule has 10 rings (SSSR count). The van der Waals surface area contributed by atoms with E-state index in [4.69, 9.17) is 4.42 Å². The van der Waals surface area contributed by atoms with Gasteiger partial charge in [0.1, 0.15) is 11.5 Å². The number of allylic oxidation sites excluding steroid dienone is 1. The first-order valence-corrected chi connectivity index (χ1v) is 19.7. The van der Waals surface area contributed by atoms with E-state index >= 15 is 0 Å². The maximum absolute atomic E-state index is 7.13. The van der Waals surface area contributed by atoms with Crippen molar-refractivity contribution >= 4 is 43.4 Å². The van der Waals surface area contributed by atoms with Crippen LogP contribution in [0.3, 0.4) is 0 Å². The van der Waals surface area contributed by atoms with Gasteiger partial charge in [0.15, 0.2) is 30.1 Å². The van der Waals surface area contributed by atoms with Crippen molar-refractivity contribution in [1.29, 1.82) is 0 Å². The zero-order chi connectivity index (χ0) is 36.3. The molecule has 2 aliphatic rings. The summed E-state index contributed by atoms with van der Waals surface area (Å²) in [5.41, 5.74) is 17.6. The van der Waals surface area contributed by atoms with Crippen molar-refractivity contribution in [3.8, 4) is 33.6 Å². The summed E-state index contributed by atoms with van der Waals surface area (Å²) >= 11 is 1.76. The summed E-state index contributed by atoms with van der Waals surface area (Å²) in [6.45, 7) is 18.3. The fourth-order valence-electron chi connectivity index (χ4n) is 9.69. The van der Waals surface area contributed by atoms with Crippen LogP contribution in [-0.4, -0.2) is 0 Å². The van der Waals surface area contributed by atoms with Gasteiger partial charge in [-0.1, -0.05) is 75.9 Å². The lowest BCUT2D eigenvalue weighted by Gasteiger charge is -2.31. The minimum atomic E-state index is 0.00965. The maximum Gasteiger partial charge on any atom is 0.218 e. The van der Waals surface area contributed by atoms with Crippen molar-refractivity contribution in [1.82, 2.24) is 0 Å². The summed E-state index contributed by atoms with van der Waals surface area (Å²) in [6.07, 6.45) is 7.96. The molecule has 0 N–H and O–H groups in total. The summed E-state index contributed by atoms with van der Waals surface area (Å²) in [5.74, 6) is 0.0902. The zero-order valence-electron chi connectivity index (χ0n) is 31.3. The van der Waals surface area contributed by atoms with Gasteiger partial charge in [-0.25, -0.2) is 0 Å². The van der Waals surface area contributed by atoms with Crippen LogP contribution in [0.15, 0.2) is 126 Å². The van der Waals surface area contributed by atoms with Gasteiger partial charge in [-0.15, -0.1) is 11.3 Å². The van der Waals surface area contributed by atoms with E-state index in [9.17, 15) is 0 Å². The van der Waals surface area contributed by atoms with E-state index in [1.54, 1.807) is 11.3 Å². The smallest absolute Gasteiger partial charge is 0.218 e. The molecule has 4 aromatic heterocycles. The van der Waals surface area contributed by atoms with Crippen molar-refractivity contribution in [2.24, 2.45) is 5.41 Å². The molecule has 4 heteroatoms. The zero-order valence-corrected chi connectivity index (χ0v) is 32.1. The number of aromatic nitrogens is 2. The molecule has 4 aromatic carbocycles. The largest absolute Gasteiger partial charge is 0.454 e. The summed E-state index contributed by atoms with van der Waals surface area (Å²) in [4.78, 5) is 0. The molecule has 0 amide bonds. The van der Waals surface area contributed by atoms with E-state index in [2.05, 4.69) is 172 Å². The second-order valence-electron chi connectivity index (χ2n) is 16.6. The van der Waals surface area contributed by atoms with Crippen molar-refractivity contribution in [2.45, 2.75) is 66.0 Å². The van der Waals surface area contributed by atoms with Gasteiger partial charge in [0.25, 0.3) is 0 Å². The van der Waals surface area contributed by atoms with Gasteiger partial charge in [0.05, 0.1) is 15.8 Å². The average molecular weight is 709 g/mol. The van der Waals surface area contributed by atoms with E-state index in [1.165, 1.54) is 87.9 Å². The third kappa shape index (κ3) is 4.78. The fraction of sp³-hybridized carbons (Fsp3) is 0.224. The number of hydrogen-bond acceptors (Lipinski definition) is 2. The molecule has 2 aliphatic heterocycles. The number of pyridine rings is 2. The second kappa shape index (κ2) is 11.6. The van der Waals surface area contributed by atoms with Gasteiger partial charge >= 0.3 is 0 Å². The number of furan rings is 1. The molecular weight excluding hydrogens is 665 g/mol. The van der Waals surface area contributed by atoms with Crippen molar-refractivity contribution in [2.75, 3.05) is 0 Å². The summed E-state index contributed by atoms with van der Waals surface area (Å²) < 4.78 is 13.4. The second-order valence-corrected chi connectivity index (χ2v) is 17.5. The number of hydrogen-bond donors (Lipinski definition) is 0. The van der Waals surface area contributed by atoms with Crippen LogP contribution in [0.1, 0.15) is 72.2 Å². The minimum absolute atomic E-state index is 0.00965. The van der Waals surface area contributed by atoms with Gasteiger partial charge in [0, 0.05) is 39.6 Å². The molecule has 0 saturated heterocycles. The van der Waals surface area contributed by atoms with Crippen LogP contribution in [0.25, 0.3) is 65.7 Å². The van der Waals surface area contributed by atoms with Crippen LogP contribution in [0, 0.1) is 26.2 Å². The topological polar surface area (TPSA) is 20.9 Å². The summed E-state index contributed by atoms with van der Waals surface area (Å²) in [5, 5.41) is 5.75. The predicted molar refractivity (Wildman–Crippen MR) is 220 cm³/mol. The minimum Gasteiger partial charge on any atom is -0.454 e. The average Bonchev–Trinajstić information content (AvgIpc) is 3.84. The normalized spacial score (nSPS) is 17.6. The molecule has 8 aromatic rings. The number of nitrogens with zero attached hydrogens (tertiary/aromatic N) is 2. The van der Waals surface area contributed by atoms with Crippen molar-refractivity contribution < 1.29 is 13.6 Å². The van der Waals surface area contributed by atoms with Crippen LogP contribution < -0.4 is 9.13 Å². The van der Waals surface area contributed by atoms with Crippen LogP contribution in [0.2, 0.25) is 0 Å². The molecule has 0 fully saturated rings. The molecule has 0 bridgehead atoms. The van der Waals surface area contributed by atoms with Gasteiger partial charge in [-0.05, 0) is 108 Å². The van der Waals surface area contributed by atoms with Crippen LogP contribution in [0.5, 0.6) is 0 Å². The molecule has 3 nitrogen and oxygen atoms in total. The van der Waals surface area contributed by atoms with E-state index in [0.717, 1.165) is 17.6 Å². The lowest BCUT2D eigenvalue weighted by molar-refractivity contribution is -0.739. The molecule has 0 aliphatic carbocycles. The molecule has 0 saturated carbocycles. The predicted octanol–water partition coefficient (Wildman–Crippen LogP) is 12.3. The SMILES string of the molecule is C=CC1C(C2c3ccc4c(oc5c4ccc4ccsc45)c3-c3cc(-c4c(C)cccc4C)c(CC(C)(C)C)c[n+]32)c2ccccc2-c2ccc(C)c[n+]21. The molecule has 53 heavy (non-hydrogen) atoms. The number of aryl methyl sites for hydroxylation is 3. The Labute approximate surface area is 315 Å². The molecule has 6 heterocycles. The summed E-state index contributed by atoms with van der Waals surface area (Å²) in [7, 11) is 0. The first-order chi connectivity index (χ1) is 25.6. The molecule has 3 atom stereocenters. The highest BCUT2D eigenvalue weighted by molar-refractivity contribution is 7.18. The Kier molecular flexibility index (Phi) is 7.07. The first-order valence-electron chi connectivity index (χ1n) is 18.9. The third-order valence-corrected chi connectivity index (χ3v) is 12.7. The van der Waals surface area contributed by atoms with Crippen LogP contribution in [0.4, 0.5) is 0 Å². The van der Waals surface area contributed by atoms with E-state index in [-0.39, 0.29) is 23.4 Å². The first kappa shape index (κ1) is 32.3. The Balaban J connectivity index is 1.33. The number of benzene rings is 4. The lowest BCUT2D eigenvalue weighted by atomic mass is 9.76. The molecule has 0 radical (unpaired) electrons. The van der Waals surface area contributed by atoms with Gasteiger partial charge in [-0.3, -0.25) is 0 Å². The highest BCUT2D eigenvalue weighted by atomic mass is 32.1. The summed E-state index contributed by atoms with van der Waals surface area (Å²) in [6, 6.07) is 34.2. The van der Waals surface area contributed by atoms with E-state index in [0.29, 0.717) is 0 Å². The molecule has 3 unspecified atom stereocenters. The Morgan fingerprint density at radius 2 is 1.51 bits per heavy atom. The molecule has 260 valence electrons. The number of thiophene rings is 1. The standard InChI is InChI=1S/C49H44N2OS/c1-8-39-43(34-15-10-9-14-33(34)40-21-16-28(2)26-50(39)40)45-37-20-19-35-36-18-17-31-22-23-53-48(31)47(36)52-46(35)44(37)41-24-38(42-29(3)12-11-13-30(42)4)32(27-51(41)45)25-49(5,6)7/h8-24,26-27,39,43,45H,1,25H2,2-7H3/q+2. The highest BCUT2D eigenvalue weighted by Gasteiger charge is 2.53. The lowest BCUT2D eigenvalue weighted by Crippen LogP contribution is -2.52. The third-order valence-electron chi connectivity index (χ3n) is 11.8. The van der Waals surface area contributed by atoms with Crippen LogP contribution in [-0.2, 0) is 6.42 Å². The Hall–Kier alpha value is -5.32. The van der Waals surface area contributed by atoms with Gasteiger partial charge in [-0.2, -0.15) is 9.13 Å². The molecule has 0 spiro atoms. The fourth-order valence-corrected chi connectivity index (χ4v) is 10.6. The highest BCUT2D eigenvalue weighted by Crippen LogP contribution is 2.53. The Bertz CT molecular complexity index is 2810. The maximum atomic E-state index is 7.13. The molecular formula is C49H44N2OS+2. The van der Waals surface area contributed by atoms with Gasteiger partial charge < -0.3 is 4.42 Å². The Morgan fingerprint density at radius 1 is 0.736 bits per heavy atom. The number of rotatable bonds is 4. The van der Waals surface area contributed by atoms with Gasteiger partial charge in [0.2, 0.25) is 11.4 Å².